The lowest BCUT2D eigenvalue weighted by Crippen LogP contribution is -2.59. The molecule has 178 valence electrons. The summed E-state index contributed by atoms with van der Waals surface area (Å²) in [6, 6.07) is -5.35. The van der Waals surface area contributed by atoms with Gasteiger partial charge in [-0.3, -0.25) is 19.2 Å². The Kier molecular flexibility index (Phi) is 10.2. The van der Waals surface area contributed by atoms with Crippen LogP contribution in [0.15, 0.2) is 12.5 Å². The van der Waals surface area contributed by atoms with E-state index in [9.17, 15) is 34.2 Å². The molecule has 4 unspecified atom stereocenters. The maximum atomic E-state index is 12.6. The van der Waals surface area contributed by atoms with Crippen LogP contribution in [-0.4, -0.2) is 80.6 Å². The molecule has 0 saturated carbocycles. The van der Waals surface area contributed by atoms with E-state index in [2.05, 4.69) is 25.9 Å². The number of hydrogen-bond acceptors (Lipinski definition) is 8. The molecule has 0 aliphatic rings. The second-order valence-electron chi connectivity index (χ2n) is 7.43. The molecule has 1 aromatic rings. The van der Waals surface area contributed by atoms with Crippen LogP contribution < -0.4 is 27.4 Å². The van der Waals surface area contributed by atoms with Gasteiger partial charge in [-0.2, -0.15) is 0 Å². The standard InChI is InChI=1S/C18H29N7O7/c1-8(2)14(20)17(30)25-12(6-26)16(29)23-10(4-13(19)27)15(28)24-11(18(31)32)3-9-5-21-7-22-9/h5,7-8,10-12,14,26H,3-4,6,20H2,1-2H3,(H2,19,27)(H,21,22)(H,23,29)(H,24,28)(H,25,30)(H,31,32). The van der Waals surface area contributed by atoms with Crippen molar-refractivity contribution in [1.29, 1.82) is 0 Å². The second kappa shape index (κ2) is 12.4. The molecule has 32 heavy (non-hydrogen) atoms. The van der Waals surface area contributed by atoms with Crippen molar-refractivity contribution in [3.8, 4) is 0 Å². The van der Waals surface area contributed by atoms with E-state index in [1.54, 1.807) is 13.8 Å². The summed E-state index contributed by atoms with van der Waals surface area (Å²) in [5.74, 6) is -5.23. The highest BCUT2D eigenvalue weighted by Crippen LogP contribution is 2.03. The number of hydrogen-bond donors (Lipinski definition) is 8. The average Bonchev–Trinajstić information content (AvgIpc) is 3.22. The van der Waals surface area contributed by atoms with Gasteiger partial charge in [0.1, 0.15) is 18.1 Å². The maximum absolute atomic E-state index is 12.6. The van der Waals surface area contributed by atoms with Crippen molar-refractivity contribution in [3.05, 3.63) is 18.2 Å². The number of carboxylic acids is 1. The lowest BCUT2D eigenvalue weighted by molar-refractivity contribution is -0.142. The van der Waals surface area contributed by atoms with Gasteiger partial charge < -0.3 is 42.6 Å². The number of H-pyrrole nitrogens is 1. The number of carboxylic acid groups (broad SMARTS) is 1. The zero-order valence-corrected chi connectivity index (χ0v) is 17.7. The summed E-state index contributed by atoms with van der Waals surface area (Å²) in [5, 5.41) is 25.5. The largest absolute Gasteiger partial charge is 0.480 e. The van der Waals surface area contributed by atoms with E-state index in [1.807, 2.05) is 0 Å². The molecule has 10 N–H and O–H groups in total. The molecule has 4 atom stereocenters. The van der Waals surface area contributed by atoms with Crippen LogP contribution in [0.3, 0.4) is 0 Å². The van der Waals surface area contributed by atoms with Crippen LogP contribution in [0.2, 0.25) is 0 Å². The number of amides is 4. The number of nitrogens with two attached hydrogens (primary N) is 2. The summed E-state index contributed by atoms with van der Waals surface area (Å²) in [4.78, 5) is 66.5. The molecule has 14 nitrogen and oxygen atoms in total. The highest BCUT2D eigenvalue weighted by Gasteiger charge is 2.31. The van der Waals surface area contributed by atoms with E-state index in [-0.39, 0.29) is 12.3 Å². The number of imidazole rings is 1. The van der Waals surface area contributed by atoms with E-state index >= 15 is 0 Å². The first-order valence-electron chi connectivity index (χ1n) is 9.72. The Hall–Kier alpha value is -3.52. The first kappa shape index (κ1) is 26.5. The molecule has 0 fully saturated rings. The minimum absolute atomic E-state index is 0.138. The molecular formula is C18H29N7O7. The van der Waals surface area contributed by atoms with Crippen molar-refractivity contribution in [3.63, 3.8) is 0 Å². The van der Waals surface area contributed by atoms with Gasteiger partial charge >= 0.3 is 5.97 Å². The SMILES string of the molecule is CC(C)C(N)C(=O)NC(CO)C(=O)NC(CC(N)=O)C(=O)NC(Cc1cnc[nH]1)C(=O)O. The number of nitrogens with zero attached hydrogens (tertiary/aromatic N) is 1. The topological polar surface area (TPSA) is 243 Å². The molecule has 0 aliphatic carbocycles. The number of aliphatic hydroxyl groups excluding tert-OH is 1. The monoisotopic (exact) mass is 455 g/mol. The fourth-order valence-corrected chi connectivity index (χ4v) is 2.54. The molecule has 0 bridgehead atoms. The van der Waals surface area contributed by atoms with Gasteiger partial charge in [-0.25, -0.2) is 9.78 Å². The smallest absolute Gasteiger partial charge is 0.326 e. The van der Waals surface area contributed by atoms with Crippen molar-refractivity contribution >= 4 is 29.6 Å². The summed E-state index contributed by atoms with van der Waals surface area (Å²) in [6.45, 7) is 2.56. The first-order valence-corrected chi connectivity index (χ1v) is 9.72. The fourth-order valence-electron chi connectivity index (χ4n) is 2.54. The first-order chi connectivity index (χ1) is 15.0. The summed E-state index contributed by atoms with van der Waals surface area (Å²) < 4.78 is 0. The van der Waals surface area contributed by atoms with Crippen LogP contribution in [0.25, 0.3) is 0 Å². The summed E-state index contributed by atoms with van der Waals surface area (Å²) in [6.07, 6.45) is 1.92. The molecule has 1 aromatic heterocycles. The molecule has 0 aromatic carbocycles. The number of rotatable bonds is 13. The van der Waals surface area contributed by atoms with Crippen molar-refractivity contribution in [1.82, 2.24) is 25.9 Å². The van der Waals surface area contributed by atoms with Crippen LogP contribution in [0.1, 0.15) is 26.0 Å². The molecule has 0 spiro atoms. The quantitative estimate of drug-likeness (QED) is 0.146. The van der Waals surface area contributed by atoms with E-state index in [1.165, 1.54) is 12.5 Å². The van der Waals surface area contributed by atoms with Crippen LogP contribution in [0, 0.1) is 5.92 Å². The average molecular weight is 455 g/mol. The minimum Gasteiger partial charge on any atom is -0.480 e. The Balaban J connectivity index is 2.89. The number of carbonyl (C=O) groups is 5. The lowest BCUT2D eigenvalue weighted by atomic mass is 10.0. The van der Waals surface area contributed by atoms with Crippen LogP contribution in [0.4, 0.5) is 0 Å². The maximum Gasteiger partial charge on any atom is 0.326 e. The number of aromatic amines is 1. The van der Waals surface area contributed by atoms with Gasteiger partial charge in [-0.05, 0) is 5.92 Å². The van der Waals surface area contributed by atoms with Gasteiger partial charge in [0.05, 0.1) is 25.4 Å². The molecular weight excluding hydrogens is 426 g/mol. The Labute approximate surface area is 183 Å². The van der Waals surface area contributed by atoms with Crippen molar-refractivity contribution in [2.75, 3.05) is 6.61 Å². The highest BCUT2D eigenvalue weighted by atomic mass is 16.4. The zero-order chi connectivity index (χ0) is 24.4. The number of aliphatic carboxylic acids is 1. The molecule has 0 aliphatic heterocycles. The number of primary amides is 1. The van der Waals surface area contributed by atoms with Gasteiger partial charge in [0.25, 0.3) is 0 Å². The van der Waals surface area contributed by atoms with Gasteiger partial charge in [0.15, 0.2) is 0 Å². The van der Waals surface area contributed by atoms with E-state index < -0.39 is 66.8 Å². The molecule has 1 rings (SSSR count). The predicted molar refractivity (Wildman–Crippen MR) is 109 cm³/mol. The highest BCUT2D eigenvalue weighted by molar-refractivity contribution is 5.96. The number of carbonyl (C=O) groups excluding carboxylic acids is 4. The van der Waals surface area contributed by atoms with Gasteiger partial charge in [-0.15, -0.1) is 0 Å². The Bertz CT molecular complexity index is 813. The lowest BCUT2D eigenvalue weighted by Gasteiger charge is -2.24. The summed E-state index contributed by atoms with van der Waals surface area (Å²) in [5.41, 5.74) is 11.3. The van der Waals surface area contributed by atoms with Gasteiger partial charge in [-0.1, -0.05) is 13.8 Å². The van der Waals surface area contributed by atoms with Crippen LogP contribution in [0.5, 0.6) is 0 Å². The van der Waals surface area contributed by atoms with Gasteiger partial charge in [0, 0.05) is 18.3 Å². The number of nitrogens with one attached hydrogen (secondary N) is 4. The predicted octanol–water partition coefficient (Wildman–Crippen LogP) is -3.66. The van der Waals surface area contributed by atoms with Crippen LogP contribution in [-0.2, 0) is 30.4 Å². The molecule has 14 heteroatoms. The van der Waals surface area contributed by atoms with Crippen molar-refractivity contribution in [2.24, 2.45) is 17.4 Å². The normalized spacial score (nSPS) is 14.7. The third-order valence-electron chi connectivity index (χ3n) is 4.47. The Morgan fingerprint density at radius 2 is 1.59 bits per heavy atom. The third kappa shape index (κ3) is 8.31. The number of aromatic nitrogens is 2. The Morgan fingerprint density at radius 3 is 2.06 bits per heavy atom. The molecule has 1 heterocycles. The number of aliphatic hydroxyl groups is 1. The molecule has 0 radical (unpaired) electrons. The molecule has 4 amide bonds. The summed E-state index contributed by atoms with van der Waals surface area (Å²) >= 11 is 0. The minimum atomic E-state index is -1.55. The van der Waals surface area contributed by atoms with E-state index in [0.717, 1.165) is 0 Å². The second-order valence-corrected chi connectivity index (χ2v) is 7.43. The third-order valence-corrected chi connectivity index (χ3v) is 4.47. The van der Waals surface area contributed by atoms with E-state index in [4.69, 9.17) is 11.5 Å². The Morgan fingerprint density at radius 1 is 1.03 bits per heavy atom. The fraction of sp³-hybridized carbons (Fsp3) is 0.556. The van der Waals surface area contributed by atoms with E-state index in [0.29, 0.717) is 5.69 Å². The van der Waals surface area contributed by atoms with Crippen LogP contribution >= 0.6 is 0 Å². The van der Waals surface area contributed by atoms with Crippen molar-refractivity contribution < 1.29 is 34.2 Å². The van der Waals surface area contributed by atoms with Gasteiger partial charge in [0.2, 0.25) is 23.6 Å². The zero-order valence-electron chi connectivity index (χ0n) is 17.7. The van der Waals surface area contributed by atoms with Crippen molar-refractivity contribution in [2.45, 2.75) is 50.9 Å². The molecule has 0 saturated heterocycles. The summed E-state index contributed by atoms with van der Waals surface area (Å²) in [7, 11) is 0.